The van der Waals surface area contributed by atoms with E-state index in [1.807, 2.05) is 0 Å². The first-order valence-electron chi connectivity index (χ1n) is 5.71. The zero-order chi connectivity index (χ0) is 9.97. The molecular formula is C12H21NO. The largest absolute Gasteiger partial charge is 0.381 e. The van der Waals surface area contributed by atoms with E-state index in [4.69, 9.17) is 4.74 Å². The van der Waals surface area contributed by atoms with Crippen LogP contribution in [-0.2, 0) is 4.74 Å². The second-order valence-corrected chi connectivity index (χ2v) is 4.82. The van der Waals surface area contributed by atoms with Gasteiger partial charge in [0.05, 0.1) is 13.2 Å². The molecule has 2 heteroatoms. The van der Waals surface area contributed by atoms with Gasteiger partial charge in [0.15, 0.2) is 0 Å². The zero-order valence-corrected chi connectivity index (χ0v) is 9.17. The quantitative estimate of drug-likeness (QED) is 0.638. The normalized spacial score (nSPS) is 26.1. The highest BCUT2D eigenvalue weighted by atomic mass is 16.5. The SMILES string of the molecule is C=C(C)C1CCN(CC2COC2)CC1. The lowest BCUT2D eigenvalue weighted by Gasteiger charge is -2.37. The average Bonchev–Trinajstić information content (AvgIpc) is 2.12. The van der Waals surface area contributed by atoms with Crippen LogP contribution >= 0.6 is 0 Å². The molecule has 2 nitrogen and oxygen atoms in total. The fourth-order valence-corrected chi connectivity index (χ4v) is 2.36. The molecule has 0 bridgehead atoms. The van der Waals surface area contributed by atoms with E-state index in [1.165, 1.54) is 38.0 Å². The molecule has 2 rings (SSSR count). The Balaban J connectivity index is 1.69. The Hall–Kier alpha value is -0.340. The van der Waals surface area contributed by atoms with Crippen molar-refractivity contribution in [2.45, 2.75) is 19.8 Å². The molecular weight excluding hydrogens is 174 g/mol. The van der Waals surface area contributed by atoms with Crippen LogP contribution in [0.2, 0.25) is 0 Å². The van der Waals surface area contributed by atoms with E-state index in [0.717, 1.165) is 25.0 Å². The van der Waals surface area contributed by atoms with Gasteiger partial charge in [-0.25, -0.2) is 0 Å². The first kappa shape index (κ1) is 10.2. The van der Waals surface area contributed by atoms with Gasteiger partial charge in [0.2, 0.25) is 0 Å². The minimum Gasteiger partial charge on any atom is -0.381 e. The number of hydrogen-bond donors (Lipinski definition) is 0. The van der Waals surface area contributed by atoms with Crippen LogP contribution < -0.4 is 0 Å². The second kappa shape index (κ2) is 4.45. The van der Waals surface area contributed by atoms with E-state index in [0.29, 0.717) is 0 Å². The van der Waals surface area contributed by atoms with Gasteiger partial charge in [0.25, 0.3) is 0 Å². The number of piperidine rings is 1. The van der Waals surface area contributed by atoms with E-state index in [2.05, 4.69) is 18.4 Å². The summed E-state index contributed by atoms with van der Waals surface area (Å²) in [4.78, 5) is 2.59. The van der Waals surface area contributed by atoms with Crippen molar-refractivity contribution in [2.75, 3.05) is 32.8 Å². The van der Waals surface area contributed by atoms with Crippen molar-refractivity contribution >= 4 is 0 Å². The Kier molecular flexibility index (Phi) is 3.24. The Morgan fingerprint density at radius 3 is 2.43 bits per heavy atom. The second-order valence-electron chi connectivity index (χ2n) is 4.82. The van der Waals surface area contributed by atoms with Gasteiger partial charge in [-0.2, -0.15) is 0 Å². The number of ether oxygens (including phenoxy) is 1. The Labute approximate surface area is 86.9 Å². The van der Waals surface area contributed by atoms with Gasteiger partial charge < -0.3 is 9.64 Å². The summed E-state index contributed by atoms with van der Waals surface area (Å²) in [6.07, 6.45) is 2.62. The molecule has 2 aliphatic rings. The Morgan fingerprint density at radius 2 is 2.00 bits per heavy atom. The van der Waals surface area contributed by atoms with Crippen LogP contribution in [-0.4, -0.2) is 37.7 Å². The third-order valence-electron chi connectivity index (χ3n) is 3.51. The lowest BCUT2D eigenvalue weighted by atomic mass is 9.90. The molecule has 0 spiro atoms. The van der Waals surface area contributed by atoms with Crippen molar-refractivity contribution in [3.05, 3.63) is 12.2 Å². The lowest BCUT2D eigenvalue weighted by molar-refractivity contribution is -0.0492. The first-order chi connectivity index (χ1) is 6.75. The Morgan fingerprint density at radius 1 is 1.36 bits per heavy atom. The molecule has 0 N–H and O–H groups in total. The van der Waals surface area contributed by atoms with Crippen LogP contribution in [0.4, 0.5) is 0 Å². The van der Waals surface area contributed by atoms with Crippen LogP contribution in [0.3, 0.4) is 0 Å². The van der Waals surface area contributed by atoms with Gasteiger partial charge in [-0.1, -0.05) is 12.2 Å². The van der Waals surface area contributed by atoms with Crippen molar-refractivity contribution in [3.63, 3.8) is 0 Å². The van der Waals surface area contributed by atoms with Gasteiger partial charge >= 0.3 is 0 Å². The molecule has 0 aromatic heterocycles. The van der Waals surface area contributed by atoms with Crippen molar-refractivity contribution in [1.29, 1.82) is 0 Å². The summed E-state index contributed by atoms with van der Waals surface area (Å²) >= 11 is 0. The van der Waals surface area contributed by atoms with Gasteiger partial charge in [0, 0.05) is 12.5 Å². The van der Waals surface area contributed by atoms with Crippen LogP contribution in [0.5, 0.6) is 0 Å². The van der Waals surface area contributed by atoms with E-state index in [-0.39, 0.29) is 0 Å². The van der Waals surface area contributed by atoms with E-state index in [1.54, 1.807) is 0 Å². The van der Waals surface area contributed by atoms with Crippen molar-refractivity contribution in [2.24, 2.45) is 11.8 Å². The van der Waals surface area contributed by atoms with E-state index in [9.17, 15) is 0 Å². The number of allylic oxidation sites excluding steroid dienone is 1. The molecule has 0 saturated carbocycles. The maximum absolute atomic E-state index is 5.19. The van der Waals surface area contributed by atoms with Gasteiger partial charge in [-0.15, -0.1) is 0 Å². The van der Waals surface area contributed by atoms with Crippen molar-refractivity contribution in [1.82, 2.24) is 4.90 Å². The molecule has 0 aromatic rings. The molecule has 2 aliphatic heterocycles. The Bertz CT molecular complexity index is 202. The predicted molar refractivity (Wildman–Crippen MR) is 58.3 cm³/mol. The molecule has 0 atom stereocenters. The van der Waals surface area contributed by atoms with Crippen LogP contribution in [0.25, 0.3) is 0 Å². The summed E-state index contributed by atoms with van der Waals surface area (Å²) in [6.45, 7) is 12.0. The molecule has 0 aromatic carbocycles. The smallest absolute Gasteiger partial charge is 0.0528 e. The van der Waals surface area contributed by atoms with Crippen molar-refractivity contribution < 1.29 is 4.74 Å². The number of nitrogens with zero attached hydrogens (tertiary/aromatic N) is 1. The molecule has 0 unspecified atom stereocenters. The lowest BCUT2D eigenvalue weighted by Crippen LogP contribution is -2.43. The minimum absolute atomic E-state index is 0.781. The number of likely N-dealkylation sites (tertiary alicyclic amines) is 1. The minimum atomic E-state index is 0.781. The predicted octanol–water partition coefficient (Wildman–Crippen LogP) is 1.92. The topological polar surface area (TPSA) is 12.5 Å². The summed E-state index contributed by atoms with van der Waals surface area (Å²) in [5, 5.41) is 0. The third kappa shape index (κ3) is 2.37. The maximum atomic E-state index is 5.19. The van der Waals surface area contributed by atoms with E-state index >= 15 is 0 Å². The van der Waals surface area contributed by atoms with Crippen molar-refractivity contribution in [3.8, 4) is 0 Å². The van der Waals surface area contributed by atoms with Gasteiger partial charge in [0.1, 0.15) is 0 Å². The molecule has 80 valence electrons. The highest BCUT2D eigenvalue weighted by molar-refractivity contribution is 4.98. The zero-order valence-electron chi connectivity index (χ0n) is 9.17. The summed E-state index contributed by atoms with van der Waals surface area (Å²) in [6, 6.07) is 0. The van der Waals surface area contributed by atoms with E-state index < -0.39 is 0 Å². The summed E-state index contributed by atoms with van der Waals surface area (Å²) in [5.41, 5.74) is 1.37. The fraction of sp³-hybridized carbons (Fsp3) is 0.833. The summed E-state index contributed by atoms with van der Waals surface area (Å²) in [5.74, 6) is 1.60. The molecule has 2 fully saturated rings. The van der Waals surface area contributed by atoms with Crippen LogP contribution in [0, 0.1) is 11.8 Å². The first-order valence-corrected chi connectivity index (χ1v) is 5.71. The van der Waals surface area contributed by atoms with Crippen LogP contribution in [0.15, 0.2) is 12.2 Å². The molecule has 0 amide bonds. The standard InChI is InChI=1S/C12H21NO/c1-10(2)12-3-5-13(6-4-12)7-11-8-14-9-11/h11-12H,1,3-9H2,2H3. The highest BCUT2D eigenvalue weighted by Gasteiger charge is 2.25. The van der Waals surface area contributed by atoms with Gasteiger partial charge in [-0.3, -0.25) is 0 Å². The molecule has 2 heterocycles. The summed E-state index contributed by atoms with van der Waals surface area (Å²) in [7, 11) is 0. The highest BCUT2D eigenvalue weighted by Crippen LogP contribution is 2.24. The average molecular weight is 195 g/mol. The monoisotopic (exact) mass is 195 g/mol. The van der Waals surface area contributed by atoms with Gasteiger partial charge in [-0.05, 0) is 38.8 Å². The molecule has 0 aliphatic carbocycles. The number of rotatable bonds is 3. The fourth-order valence-electron chi connectivity index (χ4n) is 2.36. The maximum Gasteiger partial charge on any atom is 0.0528 e. The molecule has 0 radical (unpaired) electrons. The molecule has 2 saturated heterocycles. The number of hydrogen-bond acceptors (Lipinski definition) is 2. The summed E-state index contributed by atoms with van der Waals surface area (Å²) < 4.78 is 5.19. The van der Waals surface area contributed by atoms with Crippen LogP contribution in [0.1, 0.15) is 19.8 Å². The molecule has 14 heavy (non-hydrogen) atoms. The third-order valence-corrected chi connectivity index (χ3v) is 3.51.